The highest BCUT2D eigenvalue weighted by atomic mass is 32.3. The van der Waals surface area contributed by atoms with Crippen molar-refractivity contribution in [2.45, 2.75) is 140 Å². The lowest BCUT2D eigenvalue weighted by molar-refractivity contribution is 0.562. The molecule has 0 rings (SSSR count). The molecule has 0 aliphatic rings. The predicted molar refractivity (Wildman–Crippen MR) is 145 cm³/mol. The number of sulfone groups is 3. The van der Waals surface area contributed by atoms with Gasteiger partial charge in [0.2, 0.25) is 0 Å². The maximum absolute atomic E-state index is 13.1. The van der Waals surface area contributed by atoms with Gasteiger partial charge in [0, 0.05) is 0 Å². The van der Waals surface area contributed by atoms with Crippen LogP contribution in [-0.4, -0.2) is 46.4 Å². The Morgan fingerprint density at radius 2 is 0.559 bits per heavy atom. The van der Waals surface area contributed by atoms with Gasteiger partial charge in [0.1, 0.15) is 0 Å². The Balaban J connectivity index is 5.29. The van der Waals surface area contributed by atoms with Crippen LogP contribution in [0.2, 0.25) is 0 Å². The zero-order valence-electron chi connectivity index (χ0n) is 22.1. The lowest BCUT2D eigenvalue weighted by Gasteiger charge is -2.19. The second kappa shape index (κ2) is 19.0. The Morgan fingerprint density at radius 3 is 0.794 bits per heavy atom. The van der Waals surface area contributed by atoms with Crippen LogP contribution in [0.4, 0.5) is 0 Å². The van der Waals surface area contributed by atoms with Gasteiger partial charge in [-0.2, -0.15) is 0 Å². The monoisotopic (exact) mass is 544 g/mol. The Bertz CT molecular complexity index is 692. The fourth-order valence-electron chi connectivity index (χ4n) is 4.21. The molecule has 0 aliphatic carbocycles. The van der Waals surface area contributed by atoms with Gasteiger partial charge in [0.15, 0.2) is 29.5 Å². The van der Waals surface area contributed by atoms with E-state index >= 15 is 0 Å². The zero-order valence-corrected chi connectivity index (χ0v) is 24.6. The normalized spacial score (nSPS) is 13.1. The van der Waals surface area contributed by atoms with E-state index in [1.54, 1.807) is 0 Å². The molecule has 34 heavy (non-hydrogen) atoms. The van der Waals surface area contributed by atoms with Crippen molar-refractivity contribution < 1.29 is 25.3 Å². The van der Waals surface area contributed by atoms with Crippen molar-refractivity contribution in [3.63, 3.8) is 0 Å². The molecule has 0 N–H and O–H groups in total. The summed E-state index contributed by atoms with van der Waals surface area (Å²) in [6.45, 7) is 6.29. The highest BCUT2D eigenvalue weighted by Gasteiger charge is 2.46. The van der Waals surface area contributed by atoms with Crippen LogP contribution in [0.5, 0.6) is 0 Å². The molecule has 0 unspecified atom stereocenters. The summed E-state index contributed by atoms with van der Waals surface area (Å²) in [5.41, 5.74) is 0. The summed E-state index contributed by atoms with van der Waals surface area (Å²) < 4.78 is 76.3. The first-order chi connectivity index (χ1) is 16.0. The van der Waals surface area contributed by atoms with Gasteiger partial charge in [-0.25, -0.2) is 25.3 Å². The largest absolute Gasteiger partial charge is 0.262 e. The van der Waals surface area contributed by atoms with Crippen molar-refractivity contribution in [2.75, 3.05) is 17.3 Å². The summed E-state index contributed by atoms with van der Waals surface area (Å²) >= 11 is 0. The van der Waals surface area contributed by atoms with Crippen molar-refractivity contribution in [1.82, 2.24) is 0 Å². The van der Waals surface area contributed by atoms with Gasteiger partial charge in [0.25, 0.3) is 3.91 Å². The minimum atomic E-state index is -4.31. The summed E-state index contributed by atoms with van der Waals surface area (Å²) in [5, 5.41) is 0. The quantitative estimate of drug-likeness (QED) is 0.127. The molecule has 0 heterocycles. The van der Waals surface area contributed by atoms with E-state index in [9.17, 15) is 25.3 Å². The van der Waals surface area contributed by atoms with Crippen molar-refractivity contribution in [1.29, 1.82) is 0 Å². The molecule has 0 saturated heterocycles. The third-order valence-corrected chi connectivity index (χ3v) is 15.8. The van der Waals surface area contributed by atoms with E-state index in [0.717, 1.165) is 77.0 Å². The van der Waals surface area contributed by atoms with Gasteiger partial charge >= 0.3 is 0 Å². The molecule has 0 bridgehead atoms. The molecule has 6 nitrogen and oxygen atoms in total. The van der Waals surface area contributed by atoms with Gasteiger partial charge < -0.3 is 0 Å². The lowest BCUT2D eigenvalue weighted by atomic mass is 10.1. The minimum Gasteiger partial charge on any atom is -0.226 e. The molecule has 0 aromatic heterocycles. The van der Waals surface area contributed by atoms with E-state index in [-0.39, 0.29) is 17.3 Å². The Kier molecular flexibility index (Phi) is 18.9. The van der Waals surface area contributed by atoms with Gasteiger partial charge in [-0.15, -0.1) is 0 Å². The number of unbranched alkanes of at least 4 members (excludes halogenated alkanes) is 15. The summed E-state index contributed by atoms with van der Waals surface area (Å²) in [5.74, 6) is -1.14. The second-order valence-electron chi connectivity index (χ2n) is 9.69. The van der Waals surface area contributed by atoms with Crippen LogP contribution in [0, 0.1) is 0 Å². The summed E-state index contributed by atoms with van der Waals surface area (Å²) in [7, 11) is -12.9. The van der Waals surface area contributed by atoms with Crippen molar-refractivity contribution >= 4 is 29.5 Å². The van der Waals surface area contributed by atoms with Crippen LogP contribution >= 0.6 is 0 Å². The Labute approximate surface area is 211 Å². The summed E-state index contributed by atoms with van der Waals surface area (Å²) in [6.07, 6.45) is 15.0. The van der Waals surface area contributed by atoms with E-state index in [2.05, 4.69) is 20.8 Å². The van der Waals surface area contributed by atoms with Gasteiger partial charge in [0.05, 0.1) is 17.3 Å². The Hall–Kier alpha value is -0.150. The van der Waals surface area contributed by atoms with Gasteiger partial charge in [-0.1, -0.05) is 117 Å². The molecule has 0 spiro atoms. The van der Waals surface area contributed by atoms with Crippen LogP contribution in [0.25, 0.3) is 0 Å². The molecule has 0 aromatic rings. The third-order valence-electron chi connectivity index (χ3n) is 6.23. The molecule has 0 radical (unpaired) electrons. The van der Waals surface area contributed by atoms with E-state index in [1.807, 2.05) is 0 Å². The summed E-state index contributed by atoms with van der Waals surface area (Å²) in [6, 6.07) is 0. The first-order valence-corrected chi connectivity index (χ1v) is 18.8. The molecule has 9 heteroatoms. The van der Waals surface area contributed by atoms with Gasteiger partial charge in [-0.3, -0.25) is 0 Å². The topological polar surface area (TPSA) is 102 Å². The molecule has 0 fully saturated rings. The first kappa shape index (κ1) is 33.8. The average molecular weight is 545 g/mol. The maximum Gasteiger partial charge on any atom is 0.262 e. The second-order valence-corrected chi connectivity index (χ2v) is 17.2. The minimum absolute atomic E-state index is 0.307. The standard InChI is InChI=1S/C25H52O6S3/c1-4-7-10-13-16-19-22-32(26,27)25(33(28,29)23-20-17-14-11-8-5-2)34(30,31)24-21-18-15-12-9-6-3/h25H,4-24H2,1-3H3. The molecule has 0 aliphatic heterocycles. The fraction of sp³-hybridized carbons (Fsp3) is 1.00. The number of rotatable bonds is 24. The van der Waals surface area contributed by atoms with Crippen LogP contribution < -0.4 is 0 Å². The van der Waals surface area contributed by atoms with Crippen molar-refractivity contribution in [3.8, 4) is 0 Å². The third kappa shape index (κ3) is 15.1. The number of hydrogen-bond acceptors (Lipinski definition) is 6. The van der Waals surface area contributed by atoms with E-state index in [1.165, 1.54) is 0 Å². The van der Waals surface area contributed by atoms with Crippen molar-refractivity contribution in [2.24, 2.45) is 0 Å². The van der Waals surface area contributed by atoms with E-state index in [4.69, 9.17) is 0 Å². The van der Waals surface area contributed by atoms with E-state index < -0.39 is 33.4 Å². The predicted octanol–water partition coefficient (Wildman–Crippen LogP) is 6.60. The SMILES string of the molecule is CCCCCCCCS(=O)(=O)C(S(=O)(=O)CCCCCCCC)S(=O)(=O)CCCCCCCC. The molecule has 206 valence electrons. The molecule has 0 saturated carbocycles. The highest BCUT2D eigenvalue weighted by molar-refractivity contribution is 8.24. The van der Waals surface area contributed by atoms with Crippen LogP contribution in [0.15, 0.2) is 0 Å². The fourth-order valence-corrected chi connectivity index (χ4v) is 13.7. The maximum atomic E-state index is 13.1. The number of hydrogen-bond donors (Lipinski definition) is 0. The zero-order chi connectivity index (χ0) is 25.9. The highest BCUT2D eigenvalue weighted by Crippen LogP contribution is 2.24. The van der Waals surface area contributed by atoms with Crippen LogP contribution in [0.1, 0.15) is 136 Å². The van der Waals surface area contributed by atoms with E-state index in [0.29, 0.717) is 38.5 Å². The molecule has 0 atom stereocenters. The molecular formula is C25H52O6S3. The first-order valence-electron chi connectivity index (χ1n) is 13.7. The Morgan fingerprint density at radius 1 is 0.353 bits per heavy atom. The van der Waals surface area contributed by atoms with Crippen LogP contribution in [0.3, 0.4) is 0 Å². The smallest absolute Gasteiger partial charge is 0.226 e. The van der Waals surface area contributed by atoms with Crippen molar-refractivity contribution in [3.05, 3.63) is 0 Å². The van der Waals surface area contributed by atoms with Crippen LogP contribution in [-0.2, 0) is 29.5 Å². The lowest BCUT2D eigenvalue weighted by Crippen LogP contribution is -2.41. The molecule has 0 amide bonds. The average Bonchev–Trinajstić information content (AvgIpc) is 2.74. The molecule has 0 aromatic carbocycles. The molecular weight excluding hydrogens is 492 g/mol. The van der Waals surface area contributed by atoms with Gasteiger partial charge in [-0.05, 0) is 19.3 Å². The summed E-state index contributed by atoms with van der Waals surface area (Å²) in [4.78, 5) is 0.